The van der Waals surface area contributed by atoms with Crippen LogP contribution in [0.15, 0.2) is 0 Å². The molecule has 0 saturated carbocycles. The summed E-state index contributed by atoms with van der Waals surface area (Å²) in [4.78, 5) is 14.9. The first kappa shape index (κ1) is 11.7. The molecular weight excluding hydrogens is 204 g/mol. The summed E-state index contributed by atoms with van der Waals surface area (Å²) in [5.74, 6) is 0.811. The molecule has 2 saturated heterocycles. The quantitative estimate of drug-likeness (QED) is 0.742. The van der Waals surface area contributed by atoms with Gasteiger partial charge in [0.05, 0.1) is 0 Å². The van der Waals surface area contributed by atoms with Gasteiger partial charge in [-0.15, -0.1) is 0 Å². The van der Waals surface area contributed by atoms with E-state index in [4.69, 9.17) is 5.11 Å². The number of hydrogen-bond acceptors (Lipinski definition) is 2. The van der Waals surface area contributed by atoms with Crippen LogP contribution in [-0.4, -0.2) is 53.2 Å². The zero-order chi connectivity index (χ0) is 11.5. The van der Waals surface area contributed by atoms with E-state index in [0.29, 0.717) is 19.1 Å². The lowest BCUT2D eigenvalue weighted by Crippen LogP contribution is -2.49. The van der Waals surface area contributed by atoms with Crippen LogP contribution in [0.5, 0.6) is 0 Å². The SMILES string of the molecule is C[C@@H]1CCCN(C2CCN(C(=O)O)CC2)C1. The maximum atomic E-state index is 10.8. The maximum Gasteiger partial charge on any atom is 0.407 e. The van der Waals surface area contributed by atoms with Gasteiger partial charge in [-0.25, -0.2) is 4.79 Å². The Hall–Kier alpha value is -0.770. The molecule has 0 aromatic carbocycles. The van der Waals surface area contributed by atoms with E-state index >= 15 is 0 Å². The molecule has 0 aliphatic carbocycles. The van der Waals surface area contributed by atoms with Crippen molar-refractivity contribution < 1.29 is 9.90 Å². The molecule has 1 amide bonds. The van der Waals surface area contributed by atoms with Crippen LogP contribution in [-0.2, 0) is 0 Å². The maximum absolute atomic E-state index is 10.8. The monoisotopic (exact) mass is 226 g/mol. The molecule has 16 heavy (non-hydrogen) atoms. The highest BCUT2D eigenvalue weighted by Crippen LogP contribution is 2.23. The van der Waals surface area contributed by atoms with E-state index in [2.05, 4.69) is 11.8 Å². The number of piperidine rings is 2. The van der Waals surface area contributed by atoms with Crippen molar-refractivity contribution in [1.82, 2.24) is 9.80 Å². The molecule has 4 heteroatoms. The molecule has 0 spiro atoms. The van der Waals surface area contributed by atoms with Crippen molar-refractivity contribution in [2.45, 2.75) is 38.6 Å². The molecule has 0 bridgehead atoms. The van der Waals surface area contributed by atoms with Gasteiger partial charge in [-0.05, 0) is 38.1 Å². The Morgan fingerprint density at radius 2 is 1.88 bits per heavy atom. The van der Waals surface area contributed by atoms with Gasteiger partial charge in [0, 0.05) is 25.7 Å². The van der Waals surface area contributed by atoms with Gasteiger partial charge in [-0.1, -0.05) is 6.92 Å². The van der Waals surface area contributed by atoms with Crippen LogP contribution < -0.4 is 0 Å². The lowest BCUT2D eigenvalue weighted by molar-refractivity contribution is 0.0718. The van der Waals surface area contributed by atoms with E-state index in [-0.39, 0.29) is 0 Å². The molecule has 2 rings (SSSR count). The third kappa shape index (κ3) is 2.67. The van der Waals surface area contributed by atoms with Crippen molar-refractivity contribution in [2.24, 2.45) is 5.92 Å². The van der Waals surface area contributed by atoms with Crippen LogP contribution >= 0.6 is 0 Å². The van der Waals surface area contributed by atoms with Crippen molar-refractivity contribution >= 4 is 6.09 Å². The van der Waals surface area contributed by atoms with Crippen molar-refractivity contribution in [1.29, 1.82) is 0 Å². The Kier molecular flexibility index (Phi) is 3.69. The highest BCUT2D eigenvalue weighted by Gasteiger charge is 2.28. The Balaban J connectivity index is 1.81. The molecule has 2 aliphatic rings. The van der Waals surface area contributed by atoms with Crippen molar-refractivity contribution in [3.05, 3.63) is 0 Å². The standard InChI is InChI=1S/C12H22N2O2/c1-10-3-2-6-14(9-10)11-4-7-13(8-5-11)12(15)16/h10-11H,2-9H2,1H3,(H,15,16)/t10-/m1/s1. The van der Waals surface area contributed by atoms with Gasteiger partial charge in [0.2, 0.25) is 0 Å². The van der Waals surface area contributed by atoms with Crippen LogP contribution in [0.1, 0.15) is 32.6 Å². The van der Waals surface area contributed by atoms with E-state index in [1.807, 2.05) is 0 Å². The van der Waals surface area contributed by atoms with Gasteiger partial charge in [0.1, 0.15) is 0 Å². The molecule has 2 aliphatic heterocycles. The molecule has 0 aromatic heterocycles. The fourth-order valence-electron chi connectivity index (χ4n) is 2.98. The smallest absolute Gasteiger partial charge is 0.407 e. The molecule has 1 N–H and O–H groups in total. The largest absolute Gasteiger partial charge is 0.465 e. The number of carbonyl (C=O) groups is 1. The van der Waals surface area contributed by atoms with E-state index < -0.39 is 6.09 Å². The summed E-state index contributed by atoms with van der Waals surface area (Å²) in [7, 11) is 0. The van der Waals surface area contributed by atoms with Crippen molar-refractivity contribution in [3.63, 3.8) is 0 Å². The molecule has 0 aromatic rings. The Morgan fingerprint density at radius 3 is 2.44 bits per heavy atom. The summed E-state index contributed by atoms with van der Waals surface area (Å²) < 4.78 is 0. The van der Waals surface area contributed by atoms with E-state index in [9.17, 15) is 4.79 Å². The number of hydrogen-bond donors (Lipinski definition) is 1. The molecular formula is C12H22N2O2. The topological polar surface area (TPSA) is 43.8 Å². The van der Waals surface area contributed by atoms with Crippen LogP contribution in [0.4, 0.5) is 4.79 Å². The van der Waals surface area contributed by atoms with Crippen LogP contribution in [0, 0.1) is 5.92 Å². The van der Waals surface area contributed by atoms with Gasteiger partial charge in [0.15, 0.2) is 0 Å². The summed E-state index contributed by atoms with van der Waals surface area (Å²) in [6.07, 6.45) is 3.92. The summed E-state index contributed by atoms with van der Waals surface area (Å²) >= 11 is 0. The third-order valence-corrected chi connectivity index (χ3v) is 3.94. The second-order valence-electron chi connectivity index (χ2n) is 5.24. The van der Waals surface area contributed by atoms with E-state index in [0.717, 1.165) is 18.8 Å². The lowest BCUT2D eigenvalue weighted by atomic mass is 9.95. The number of amides is 1. The van der Waals surface area contributed by atoms with Crippen LogP contribution in [0.25, 0.3) is 0 Å². The average Bonchev–Trinajstić information content (AvgIpc) is 2.29. The van der Waals surface area contributed by atoms with Gasteiger partial charge in [-0.3, -0.25) is 4.90 Å². The second-order valence-corrected chi connectivity index (χ2v) is 5.24. The van der Waals surface area contributed by atoms with Crippen LogP contribution in [0.3, 0.4) is 0 Å². The minimum atomic E-state index is -0.759. The lowest BCUT2D eigenvalue weighted by Gasteiger charge is -2.41. The highest BCUT2D eigenvalue weighted by atomic mass is 16.4. The highest BCUT2D eigenvalue weighted by molar-refractivity contribution is 5.65. The molecule has 0 radical (unpaired) electrons. The van der Waals surface area contributed by atoms with Gasteiger partial charge in [-0.2, -0.15) is 0 Å². The number of likely N-dealkylation sites (tertiary alicyclic amines) is 2. The fourth-order valence-corrected chi connectivity index (χ4v) is 2.98. The molecule has 2 heterocycles. The van der Waals surface area contributed by atoms with Crippen LogP contribution in [0.2, 0.25) is 0 Å². The summed E-state index contributed by atoms with van der Waals surface area (Å²) in [6, 6.07) is 0.623. The Morgan fingerprint density at radius 1 is 1.19 bits per heavy atom. The first-order valence-electron chi connectivity index (χ1n) is 6.38. The summed E-state index contributed by atoms with van der Waals surface area (Å²) in [5.41, 5.74) is 0. The average molecular weight is 226 g/mol. The summed E-state index contributed by atoms with van der Waals surface area (Å²) in [5, 5.41) is 8.89. The number of carboxylic acid groups (broad SMARTS) is 1. The molecule has 1 atom stereocenters. The first-order chi connectivity index (χ1) is 7.66. The second kappa shape index (κ2) is 5.04. The molecule has 4 nitrogen and oxygen atoms in total. The zero-order valence-electron chi connectivity index (χ0n) is 10.1. The predicted octanol–water partition coefficient (Wildman–Crippen LogP) is 1.86. The predicted molar refractivity (Wildman–Crippen MR) is 62.6 cm³/mol. The Bertz CT molecular complexity index is 249. The van der Waals surface area contributed by atoms with E-state index in [1.165, 1.54) is 25.9 Å². The fraction of sp³-hybridized carbons (Fsp3) is 0.917. The zero-order valence-corrected chi connectivity index (χ0v) is 10.1. The minimum Gasteiger partial charge on any atom is -0.465 e. The minimum absolute atomic E-state index is 0.623. The number of rotatable bonds is 1. The van der Waals surface area contributed by atoms with Gasteiger partial charge < -0.3 is 10.0 Å². The normalized spacial score (nSPS) is 29.3. The van der Waals surface area contributed by atoms with Crippen molar-refractivity contribution in [3.8, 4) is 0 Å². The number of nitrogens with zero attached hydrogens (tertiary/aromatic N) is 2. The summed E-state index contributed by atoms with van der Waals surface area (Å²) in [6.45, 7) is 6.16. The van der Waals surface area contributed by atoms with E-state index in [1.54, 1.807) is 4.90 Å². The third-order valence-electron chi connectivity index (χ3n) is 3.94. The molecule has 0 unspecified atom stereocenters. The Labute approximate surface area is 97.2 Å². The van der Waals surface area contributed by atoms with Crippen molar-refractivity contribution in [2.75, 3.05) is 26.2 Å². The van der Waals surface area contributed by atoms with Gasteiger partial charge >= 0.3 is 6.09 Å². The molecule has 92 valence electrons. The first-order valence-corrected chi connectivity index (χ1v) is 6.38. The van der Waals surface area contributed by atoms with Gasteiger partial charge in [0.25, 0.3) is 0 Å². The molecule has 2 fully saturated rings.